The van der Waals surface area contributed by atoms with Gasteiger partial charge in [0.15, 0.2) is 0 Å². The van der Waals surface area contributed by atoms with Crippen molar-refractivity contribution in [3.8, 4) is 0 Å². The van der Waals surface area contributed by atoms with E-state index >= 15 is 0 Å². The molecule has 37 heavy (non-hydrogen) atoms. The number of carbonyl (C=O) groups excluding carboxylic acids is 1. The number of carbonyl (C=O) groups is 1. The van der Waals surface area contributed by atoms with Gasteiger partial charge < -0.3 is 5.32 Å². The van der Waals surface area contributed by atoms with Crippen LogP contribution in [0.2, 0.25) is 5.02 Å². The van der Waals surface area contributed by atoms with Gasteiger partial charge in [0, 0.05) is 29.5 Å². The van der Waals surface area contributed by atoms with Gasteiger partial charge in [-0.2, -0.15) is 0 Å². The van der Waals surface area contributed by atoms with Crippen molar-refractivity contribution in [2.75, 3.05) is 5.32 Å². The molecule has 1 N–H and O–H groups in total. The van der Waals surface area contributed by atoms with Crippen LogP contribution in [0.3, 0.4) is 0 Å². The van der Waals surface area contributed by atoms with Crippen LogP contribution in [0.15, 0.2) is 133 Å². The minimum atomic E-state index is -0.132. The van der Waals surface area contributed by atoms with Crippen molar-refractivity contribution in [3.05, 3.63) is 172 Å². The van der Waals surface area contributed by atoms with Crippen LogP contribution < -0.4 is 5.32 Å². The fraction of sp³-hybridized carbons (Fsp3) is 0.0882. The molecule has 3 heteroatoms. The number of halogens is 1. The summed E-state index contributed by atoms with van der Waals surface area (Å²) in [7, 11) is 0. The zero-order valence-corrected chi connectivity index (χ0v) is 21.4. The van der Waals surface area contributed by atoms with E-state index < -0.39 is 0 Å². The second-order valence-corrected chi connectivity index (χ2v) is 9.56. The molecule has 0 fully saturated rings. The standard InChI is InChI=1S/C34H28ClNO/c1-24(37)36-32-23-31(35)29(33(25-14-6-2-7-15-25)26-16-8-3-9-17-26)22-30(32)34(27-18-10-4-11-19-27)28-20-12-5-13-21-28/h2-23,33-34H,1H3,(H,36,37). The SMILES string of the molecule is CC(=O)Nc1cc(Cl)c(C(c2ccccc2)c2ccccc2)cc1C(c1ccccc1)c1ccccc1. The molecule has 5 aromatic carbocycles. The highest BCUT2D eigenvalue weighted by Crippen LogP contribution is 2.43. The molecule has 182 valence electrons. The van der Waals surface area contributed by atoms with Crippen LogP contribution in [0.4, 0.5) is 5.69 Å². The summed E-state index contributed by atoms with van der Waals surface area (Å²) >= 11 is 7.02. The number of nitrogens with one attached hydrogen (secondary N) is 1. The Labute approximate surface area is 223 Å². The minimum Gasteiger partial charge on any atom is -0.326 e. The van der Waals surface area contributed by atoms with Crippen molar-refractivity contribution in [1.29, 1.82) is 0 Å². The van der Waals surface area contributed by atoms with Crippen molar-refractivity contribution < 1.29 is 4.79 Å². The van der Waals surface area contributed by atoms with E-state index in [1.807, 2.05) is 30.3 Å². The van der Waals surface area contributed by atoms with Gasteiger partial charge in [-0.15, -0.1) is 0 Å². The lowest BCUT2D eigenvalue weighted by molar-refractivity contribution is -0.114. The summed E-state index contributed by atoms with van der Waals surface area (Å²) in [6.45, 7) is 1.53. The van der Waals surface area contributed by atoms with E-state index in [1.165, 1.54) is 6.92 Å². The maximum atomic E-state index is 12.3. The number of hydrogen-bond acceptors (Lipinski definition) is 1. The molecule has 0 aliphatic carbocycles. The molecule has 0 saturated heterocycles. The van der Waals surface area contributed by atoms with Gasteiger partial charge in [-0.25, -0.2) is 0 Å². The average Bonchev–Trinajstić information content (AvgIpc) is 2.93. The zero-order valence-electron chi connectivity index (χ0n) is 20.6. The molecule has 0 bridgehead atoms. The largest absolute Gasteiger partial charge is 0.326 e. The van der Waals surface area contributed by atoms with Gasteiger partial charge in [-0.05, 0) is 39.4 Å². The minimum absolute atomic E-state index is 0.0628. The highest BCUT2D eigenvalue weighted by molar-refractivity contribution is 6.32. The van der Waals surface area contributed by atoms with Gasteiger partial charge in [0.25, 0.3) is 0 Å². The Bertz CT molecular complexity index is 1390. The zero-order chi connectivity index (χ0) is 25.6. The second kappa shape index (κ2) is 11.3. The summed E-state index contributed by atoms with van der Waals surface area (Å²) in [6.07, 6.45) is 0. The lowest BCUT2D eigenvalue weighted by Gasteiger charge is -2.26. The molecule has 0 aliphatic heterocycles. The fourth-order valence-corrected chi connectivity index (χ4v) is 5.32. The fourth-order valence-electron chi connectivity index (χ4n) is 5.05. The summed E-state index contributed by atoms with van der Waals surface area (Å²) in [5.41, 5.74) is 7.33. The van der Waals surface area contributed by atoms with Gasteiger partial charge in [-0.3, -0.25) is 4.79 Å². The topological polar surface area (TPSA) is 29.1 Å². The molecule has 0 aromatic heterocycles. The van der Waals surface area contributed by atoms with Crippen LogP contribution in [0.5, 0.6) is 0 Å². The summed E-state index contributed by atoms with van der Waals surface area (Å²) in [5, 5.41) is 3.67. The number of amides is 1. The van der Waals surface area contributed by atoms with Crippen LogP contribution in [0, 0.1) is 0 Å². The molecule has 0 unspecified atom stereocenters. The molecule has 1 amide bonds. The number of rotatable bonds is 7. The Morgan fingerprint density at radius 1 is 0.568 bits per heavy atom. The average molecular weight is 502 g/mol. The first-order valence-corrected chi connectivity index (χ1v) is 12.8. The van der Waals surface area contributed by atoms with Gasteiger partial charge in [0.2, 0.25) is 5.91 Å². The first-order valence-electron chi connectivity index (χ1n) is 12.4. The van der Waals surface area contributed by atoms with E-state index in [9.17, 15) is 4.79 Å². The van der Waals surface area contributed by atoms with Crippen molar-refractivity contribution in [2.45, 2.75) is 18.8 Å². The van der Waals surface area contributed by atoms with Crippen molar-refractivity contribution >= 4 is 23.2 Å². The summed E-state index contributed by atoms with van der Waals surface area (Å²) in [6, 6.07) is 45.7. The van der Waals surface area contributed by atoms with Gasteiger partial charge in [0.1, 0.15) is 0 Å². The van der Waals surface area contributed by atoms with Crippen LogP contribution in [0.1, 0.15) is 52.1 Å². The molecular weight excluding hydrogens is 474 g/mol. The van der Waals surface area contributed by atoms with Crippen LogP contribution in [-0.4, -0.2) is 5.91 Å². The lowest BCUT2D eigenvalue weighted by Crippen LogP contribution is -2.14. The van der Waals surface area contributed by atoms with Crippen LogP contribution in [0.25, 0.3) is 0 Å². The maximum absolute atomic E-state index is 12.3. The highest BCUT2D eigenvalue weighted by atomic mass is 35.5. The van der Waals surface area contributed by atoms with E-state index in [-0.39, 0.29) is 17.7 Å². The van der Waals surface area contributed by atoms with E-state index in [1.54, 1.807) is 0 Å². The number of hydrogen-bond donors (Lipinski definition) is 1. The van der Waals surface area contributed by atoms with E-state index in [4.69, 9.17) is 11.6 Å². The van der Waals surface area contributed by atoms with Crippen molar-refractivity contribution in [1.82, 2.24) is 0 Å². The molecular formula is C34H28ClNO. The monoisotopic (exact) mass is 501 g/mol. The molecule has 0 aliphatic rings. The molecule has 5 rings (SSSR count). The van der Waals surface area contributed by atoms with Gasteiger partial charge >= 0.3 is 0 Å². The third kappa shape index (κ3) is 5.50. The Kier molecular flexibility index (Phi) is 7.49. The van der Waals surface area contributed by atoms with Gasteiger partial charge in [-0.1, -0.05) is 139 Å². The molecule has 5 aromatic rings. The molecule has 0 saturated carbocycles. The van der Waals surface area contributed by atoms with E-state index in [0.717, 1.165) is 39.1 Å². The normalized spacial score (nSPS) is 11.0. The first kappa shape index (κ1) is 24.5. The Morgan fingerprint density at radius 2 is 0.919 bits per heavy atom. The molecule has 0 atom stereocenters. The third-order valence-electron chi connectivity index (χ3n) is 6.63. The summed E-state index contributed by atoms with van der Waals surface area (Å²) in [4.78, 5) is 12.3. The Morgan fingerprint density at radius 3 is 1.27 bits per heavy atom. The predicted molar refractivity (Wildman–Crippen MR) is 153 cm³/mol. The lowest BCUT2D eigenvalue weighted by atomic mass is 9.79. The van der Waals surface area contributed by atoms with Crippen molar-refractivity contribution in [3.63, 3.8) is 0 Å². The number of benzene rings is 5. The second-order valence-electron chi connectivity index (χ2n) is 9.15. The predicted octanol–water partition coefficient (Wildman–Crippen LogP) is 8.66. The summed E-state index contributed by atoms with van der Waals surface area (Å²) in [5.74, 6) is -0.285. The number of anilines is 1. The highest BCUT2D eigenvalue weighted by Gasteiger charge is 2.26. The quantitative estimate of drug-likeness (QED) is 0.222. The molecule has 0 heterocycles. The molecule has 2 nitrogen and oxygen atoms in total. The van der Waals surface area contributed by atoms with Crippen LogP contribution >= 0.6 is 11.6 Å². The maximum Gasteiger partial charge on any atom is 0.221 e. The Hall–Kier alpha value is -4.14. The molecule has 0 radical (unpaired) electrons. The van der Waals surface area contributed by atoms with Crippen molar-refractivity contribution in [2.24, 2.45) is 0 Å². The first-order chi connectivity index (χ1) is 18.1. The van der Waals surface area contributed by atoms with E-state index in [0.29, 0.717) is 5.02 Å². The van der Waals surface area contributed by atoms with Crippen LogP contribution in [-0.2, 0) is 4.79 Å². The molecule has 0 spiro atoms. The third-order valence-corrected chi connectivity index (χ3v) is 6.96. The smallest absolute Gasteiger partial charge is 0.221 e. The Balaban J connectivity index is 1.78. The van der Waals surface area contributed by atoms with E-state index in [2.05, 4.69) is 108 Å². The summed E-state index contributed by atoms with van der Waals surface area (Å²) < 4.78 is 0. The van der Waals surface area contributed by atoms with Gasteiger partial charge in [0.05, 0.1) is 0 Å².